The Bertz CT molecular complexity index is 1120. The van der Waals surface area contributed by atoms with Crippen LogP contribution in [0.15, 0.2) is 77.6 Å². The van der Waals surface area contributed by atoms with Crippen LogP contribution >= 0.6 is 0 Å². The fourth-order valence-corrected chi connectivity index (χ4v) is 2.93. The summed E-state index contributed by atoms with van der Waals surface area (Å²) in [5.74, 6) is -0.331. The maximum Gasteiger partial charge on any atom is 0.335 e. The molecule has 4 rings (SSSR count). The zero-order valence-electron chi connectivity index (χ0n) is 14.6. The van der Waals surface area contributed by atoms with E-state index in [2.05, 4.69) is 9.97 Å². The normalized spacial score (nSPS) is 10.7. The van der Waals surface area contributed by atoms with Crippen LogP contribution in [0.3, 0.4) is 0 Å². The van der Waals surface area contributed by atoms with Crippen LogP contribution in [0.25, 0.3) is 33.8 Å². The maximum atomic E-state index is 11.2. The molecule has 0 atom stereocenters. The lowest BCUT2D eigenvalue weighted by Gasteiger charge is -2.08. The molecule has 0 saturated heterocycles. The Labute approximate surface area is 156 Å². The molecule has 0 aliphatic carbocycles. The van der Waals surface area contributed by atoms with Crippen LogP contribution in [0.1, 0.15) is 16.1 Å². The van der Waals surface area contributed by atoms with Crippen molar-refractivity contribution >= 4 is 5.97 Å². The minimum absolute atomic E-state index is 0.256. The molecule has 0 spiro atoms. The number of aromatic nitrogens is 2. The van der Waals surface area contributed by atoms with Crippen LogP contribution in [-0.4, -0.2) is 21.0 Å². The van der Waals surface area contributed by atoms with Gasteiger partial charge >= 0.3 is 5.97 Å². The third-order valence-electron chi connectivity index (χ3n) is 4.23. The number of hydrogen-bond donors (Lipinski definition) is 1. The third-order valence-corrected chi connectivity index (χ3v) is 4.23. The van der Waals surface area contributed by atoms with Gasteiger partial charge in [0.05, 0.1) is 23.8 Å². The summed E-state index contributed by atoms with van der Waals surface area (Å²) < 4.78 is 5.15. The van der Waals surface area contributed by atoms with Gasteiger partial charge in [-0.15, -0.1) is 0 Å². The minimum atomic E-state index is -0.945. The van der Waals surface area contributed by atoms with Crippen LogP contribution in [0, 0.1) is 6.92 Å². The zero-order chi connectivity index (χ0) is 18.8. The Hall–Kier alpha value is -3.73. The second kappa shape index (κ2) is 6.88. The highest BCUT2D eigenvalue weighted by molar-refractivity contribution is 5.89. The second-order valence-corrected chi connectivity index (χ2v) is 6.20. The summed E-state index contributed by atoms with van der Waals surface area (Å²) in [6.07, 6.45) is 3.27. The van der Waals surface area contributed by atoms with Crippen molar-refractivity contribution in [2.45, 2.75) is 6.92 Å². The van der Waals surface area contributed by atoms with Crippen molar-refractivity contribution in [1.82, 2.24) is 9.97 Å². The highest BCUT2D eigenvalue weighted by Gasteiger charge is 2.10. The number of carboxylic acids is 1. The summed E-state index contributed by atoms with van der Waals surface area (Å²) in [6, 6.07) is 18.4. The van der Waals surface area contributed by atoms with Gasteiger partial charge in [-0.1, -0.05) is 30.3 Å². The van der Waals surface area contributed by atoms with E-state index in [0.717, 1.165) is 33.6 Å². The van der Waals surface area contributed by atoms with Gasteiger partial charge < -0.3 is 9.52 Å². The zero-order valence-corrected chi connectivity index (χ0v) is 14.6. The average Bonchev–Trinajstić information content (AvgIpc) is 3.23. The van der Waals surface area contributed by atoms with Crippen molar-refractivity contribution in [2.75, 3.05) is 0 Å². The second-order valence-electron chi connectivity index (χ2n) is 6.20. The van der Waals surface area contributed by atoms with E-state index < -0.39 is 5.97 Å². The molecule has 132 valence electrons. The molecular formula is C22H16N2O3. The van der Waals surface area contributed by atoms with E-state index in [9.17, 15) is 9.90 Å². The number of hydrogen-bond acceptors (Lipinski definition) is 4. The lowest BCUT2D eigenvalue weighted by atomic mass is 10.0. The van der Waals surface area contributed by atoms with Crippen LogP contribution < -0.4 is 0 Å². The Morgan fingerprint density at radius 2 is 1.63 bits per heavy atom. The number of benzene rings is 2. The SMILES string of the molecule is Cc1cc(-c2ccoc2)nc(-c2cccc(-c3cccc(C(=O)O)c3)c2)n1. The minimum Gasteiger partial charge on any atom is -0.478 e. The van der Waals surface area contributed by atoms with E-state index in [1.807, 2.05) is 49.4 Å². The Morgan fingerprint density at radius 1 is 0.889 bits per heavy atom. The Balaban J connectivity index is 1.77. The number of aromatic carboxylic acids is 1. The van der Waals surface area contributed by atoms with Crippen molar-refractivity contribution in [3.8, 4) is 33.8 Å². The fraction of sp³-hybridized carbons (Fsp3) is 0.0455. The molecule has 0 saturated carbocycles. The van der Waals surface area contributed by atoms with Crippen molar-refractivity contribution in [1.29, 1.82) is 0 Å². The molecule has 4 aromatic rings. The molecule has 1 N–H and O–H groups in total. The Kier molecular flexibility index (Phi) is 4.26. The fourth-order valence-electron chi connectivity index (χ4n) is 2.93. The number of carboxylic acid groups (broad SMARTS) is 1. The summed E-state index contributed by atoms with van der Waals surface area (Å²) in [4.78, 5) is 20.5. The number of nitrogens with zero attached hydrogens (tertiary/aromatic N) is 2. The monoisotopic (exact) mass is 356 g/mol. The molecule has 0 amide bonds. The summed E-state index contributed by atoms with van der Waals surface area (Å²) >= 11 is 0. The molecule has 0 unspecified atom stereocenters. The van der Waals surface area contributed by atoms with Crippen LogP contribution in [0.2, 0.25) is 0 Å². The van der Waals surface area contributed by atoms with Crippen molar-refractivity contribution in [3.05, 3.63) is 84.4 Å². The first kappa shape index (κ1) is 16.7. The first-order valence-electron chi connectivity index (χ1n) is 8.42. The lowest BCUT2D eigenvalue weighted by molar-refractivity contribution is 0.0697. The Morgan fingerprint density at radius 3 is 2.37 bits per heavy atom. The molecule has 2 aromatic carbocycles. The van der Waals surface area contributed by atoms with Crippen LogP contribution in [0.4, 0.5) is 0 Å². The number of aryl methyl sites for hydroxylation is 1. The van der Waals surface area contributed by atoms with Crippen molar-refractivity contribution in [2.24, 2.45) is 0 Å². The van der Waals surface area contributed by atoms with Gasteiger partial charge in [0, 0.05) is 16.8 Å². The van der Waals surface area contributed by atoms with E-state index in [-0.39, 0.29) is 5.56 Å². The molecule has 2 aromatic heterocycles. The summed E-state index contributed by atoms with van der Waals surface area (Å²) in [5, 5.41) is 9.21. The third kappa shape index (κ3) is 3.48. The standard InChI is InChI=1S/C22H16N2O3/c1-14-10-20(19-8-9-27-13-19)24-21(23-14)17-6-2-4-15(11-17)16-5-3-7-18(12-16)22(25)26/h2-13H,1H3,(H,25,26). The number of carbonyl (C=O) groups is 1. The van der Waals surface area contributed by atoms with Gasteiger partial charge in [-0.2, -0.15) is 0 Å². The molecule has 27 heavy (non-hydrogen) atoms. The number of furan rings is 1. The molecular weight excluding hydrogens is 340 g/mol. The van der Waals surface area contributed by atoms with Crippen molar-refractivity contribution < 1.29 is 14.3 Å². The van der Waals surface area contributed by atoms with Crippen LogP contribution in [-0.2, 0) is 0 Å². The molecule has 5 nitrogen and oxygen atoms in total. The van der Waals surface area contributed by atoms with Gasteiger partial charge in [-0.05, 0) is 48.4 Å². The van der Waals surface area contributed by atoms with E-state index in [4.69, 9.17) is 4.42 Å². The van der Waals surface area contributed by atoms with E-state index in [1.54, 1.807) is 30.7 Å². The quantitative estimate of drug-likeness (QED) is 0.552. The average molecular weight is 356 g/mol. The molecule has 0 bridgehead atoms. The maximum absolute atomic E-state index is 11.2. The molecule has 0 aliphatic rings. The van der Waals surface area contributed by atoms with Gasteiger partial charge in [0.2, 0.25) is 0 Å². The highest BCUT2D eigenvalue weighted by Crippen LogP contribution is 2.27. The van der Waals surface area contributed by atoms with Gasteiger partial charge in [0.25, 0.3) is 0 Å². The van der Waals surface area contributed by atoms with Gasteiger partial charge in [0.15, 0.2) is 5.82 Å². The summed E-state index contributed by atoms with van der Waals surface area (Å²) in [7, 11) is 0. The smallest absolute Gasteiger partial charge is 0.335 e. The largest absolute Gasteiger partial charge is 0.478 e. The molecule has 0 radical (unpaired) electrons. The van der Waals surface area contributed by atoms with Gasteiger partial charge in [-0.25, -0.2) is 14.8 Å². The van der Waals surface area contributed by atoms with Gasteiger partial charge in [-0.3, -0.25) is 0 Å². The van der Waals surface area contributed by atoms with Crippen LogP contribution in [0.5, 0.6) is 0 Å². The van der Waals surface area contributed by atoms with Crippen molar-refractivity contribution in [3.63, 3.8) is 0 Å². The molecule has 5 heteroatoms. The first-order valence-corrected chi connectivity index (χ1v) is 8.42. The van der Waals surface area contributed by atoms with E-state index >= 15 is 0 Å². The van der Waals surface area contributed by atoms with E-state index in [1.165, 1.54) is 0 Å². The molecule has 0 fully saturated rings. The summed E-state index contributed by atoms with van der Waals surface area (Å²) in [6.45, 7) is 1.93. The van der Waals surface area contributed by atoms with E-state index in [0.29, 0.717) is 5.82 Å². The lowest BCUT2D eigenvalue weighted by Crippen LogP contribution is -1.96. The topological polar surface area (TPSA) is 76.2 Å². The molecule has 0 aliphatic heterocycles. The van der Waals surface area contributed by atoms with Gasteiger partial charge in [0.1, 0.15) is 0 Å². The predicted molar refractivity (Wildman–Crippen MR) is 102 cm³/mol. The first-order chi connectivity index (χ1) is 13.1. The number of rotatable bonds is 4. The highest BCUT2D eigenvalue weighted by atomic mass is 16.4. The summed E-state index contributed by atoms with van der Waals surface area (Å²) in [5.41, 5.74) is 5.41. The molecule has 2 heterocycles. The predicted octanol–water partition coefficient (Wildman–Crippen LogP) is 5.08.